The number of hydrogen-bond donors (Lipinski definition) is 2. The summed E-state index contributed by atoms with van der Waals surface area (Å²) < 4.78 is 0. The predicted molar refractivity (Wildman–Crippen MR) is 153 cm³/mol. The number of carboxylic acid groups (broad SMARTS) is 2. The van der Waals surface area contributed by atoms with Crippen LogP contribution in [0.2, 0.25) is 0 Å². The van der Waals surface area contributed by atoms with Crippen molar-refractivity contribution in [3.8, 4) is 0 Å². The molecule has 2 saturated heterocycles. The number of piperazine rings is 1. The van der Waals surface area contributed by atoms with E-state index in [1.165, 1.54) is 18.4 Å². The Labute approximate surface area is 235 Å². The van der Waals surface area contributed by atoms with Gasteiger partial charge in [0, 0.05) is 38.8 Å². The molecule has 2 N–H and O–H groups in total. The van der Waals surface area contributed by atoms with Crippen molar-refractivity contribution in [3.05, 3.63) is 108 Å². The minimum atomic E-state index is -1.82. The van der Waals surface area contributed by atoms with Gasteiger partial charge in [0.05, 0.1) is 5.92 Å². The van der Waals surface area contributed by atoms with Gasteiger partial charge < -0.3 is 15.1 Å². The fourth-order valence-corrected chi connectivity index (χ4v) is 5.54. The van der Waals surface area contributed by atoms with E-state index < -0.39 is 11.9 Å². The van der Waals surface area contributed by atoms with Crippen molar-refractivity contribution >= 4 is 17.8 Å². The number of carbonyl (C=O) groups excluding carboxylic acids is 1. The van der Waals surface area contributed by atoms with E-state index >= 15 is 0 Å². The smallest absolute Gasteiger partial charge is 0.414 e. The van der Waals surface area contributed by atoms with E-state index in [1.54, 1.807) is 0 Å². The first kappa shape index (κ1) is 29.0. The Morgan fingerprint density at radius 3 is 1.55 bits per heavy atom. The number of hydrogen-bond acceptors (Lipinski definition) is 5. The maximum atomic E-state index is 13.7. The highest BCUT2D eigenvalue weighted by molar-refractivity contribution is 6.27. The van der Waals surface area contributed by atoms with Crippen LogP contribution in [0.4, 0.5) is 0 Å². The largest absolute Gasteiger partial charge is 0.473 e. The maximum Gasteiger partial charge on any atom is 0.414 e. The van der Waals surface area contributed by atoms with E-state index in [2.05, 4.69) is 69.3 Å². The number of carboxylic acids is 2. The number of amides is 1. The normalized spacial score (nSPS) is 16.7. The summed E-state index contributed by atoms with van der Waals surface area (Å²) in [6, 6.07) is 31.9. The average molecular weight is 544 g/mol. The van der Waals surface area contributed by atoms with E-state index in [4.69, 9.17) is 19.8 Å². The molecule has 2 heterocycles. The van der Waals surface area contributed by atoms with E-state index in [1.807, 2.05) is 36.4 Å². The lowest BCUT2D eigenvalue weighted by atomic mass is 9.89. The third-order valence-corrected chi connectivity index (χ3v) is 7.64. The zero-order valence-corrected chi connectivity index (χ0v) is 22.6. The zero-order chi connectivity index (χ0) is 28.3. The van der Waals surface area contributed by atoms with Crippen LogP contribution in [0.3, 0.4) is 0 Å². The molecule has 8 nitrogen and oxygen atoms in total. The Morgan fingerprint density at radius 2 is 1.10 bits per heavy atom. The lowest BCUT2D eigenvalue weighted by Crippen LogP contribution is -2.55. The van der Waals surface area contributed by atoms with Gasteiger partial charge in [0.1, 0.15) is 0 Å². The van der Waals surface area contributed by atoms with Gasteiger partial charge >= 0.3 is 11.9 Å². The van der Waals surface area contributed by atoms with Crippen molar-refractivity contribution in [2.75, 3.05) is 39.3 Å². The number of carbonyl (C=O) groups is 3. The molecule has 2 fully saturated rings. The summed E-state index contributed by atoms with van der Waals surface area (Å²) in [5.74, 6) is -3.64. The third-order valence-electron chi connectivity index (χ3n) is 7.64. The van der Waals surface area contributed by atoms with Crippen LogP contribution in [-0.4, -0.2) is 88.1 Å². The fourth-order valence-electron chi connectivity index (χ4n) is 5.54. The average Bonchev–Trinajstić information content (AvgIpc) is 3.00. The maximum absolute atomic E-state index is 13.7. The highest BCUT2D eigenvalue weighted by Crippen LogP contribution is 2.28. The Kier molecular flexibility index (Phi) is 10.4. The number of rotatable bonds is 6. The van der Waals surface area contributed by atoms with Gasteiger partial charge in [0.15, 0.2) is 0 Å². The number of benzene rings is 3. The number of likely N-dealkylation sites (tertiary alicyclic amines) is 1. The lowest BCUT2D eigenvalue weighted by Gasteiger charge is -2.43. The van der Waals surface area contributed by atoms with Gasteiger partial charge in [0.25, 0.3) is 0 Å². The first-order chi connectivity index (χ1) is 19.4. The second-order valence-corrected chi connectivity index (χ2v) is 10.2. The van der Waals surface area contributed by atoms with Gasteiger partial charge in [-0.2, -0.15) is 0 Å². The highest BCUT2D eigenvalue weighted by atomic mass is 16.4. The number of piperidine rings is 1. The molecule has 2 aliphatic heterocycles. The highest BCUT2D eigenvalue weighted by Gasteiger charge is 2.32. The second-order valence-electron chi connectivity index (χ2n) is 10.2. The topological polar surface area (TPSA) is 101 Å². The molecule has 0 bridgehead atoms. The summed E-state index contributed by atoms with van der Waals surface area (Å²) in [5.41, 5.74) is 3.55. The van der Waals surface area contributed by atoms with Crippen LogP contribution in [0.1, 0.15) is 35.4 Å². The molecule has 8 heteroatoms. The van der Waals surface area contributed by atoms with E-state index in [-0.39, 0.29) is 11.8 Å². The van der Waals surface area contributed by atoms with Gasteiger partial charge in [-0.1, -0.05) is 91.0 Å². The molecule has 3 aromatic carbocycles. The van der Waals surface area contributed by atoms with Gasteiger partial charge in [0.2, 0.25) is 5.91 Å². The first-order valence-corrected chi connectivity index (χ1v) is 13.8. The van der Waals surface area contributed by atoms with Crippen molar-refractivity contribution in [2.45, 2.75) is 31.3 Å². The standard InChI is InChI=1S/C30H35N3O.C2H2O4/c34-30(29(26-12-6-2-7-13-26)27-14-8-3-9-15-27)33-22-20-32(21-23-33)28-16-18-31(19-17-28)24-25-10-4-1-5-11-25;3-1(4)2(5)6/h1-15,28-29H,16-24H2;(H,3,4)(H,5,6). The van der Waals surface area contributed by atoms with Crippen LogP contribution in [0.25, 0.3) is 0 Å². The molecule has 5 rings (SSSR count). The van der Waals surface area contributed by atoms with Gasteiger partial charge in [-0.3, -0.25) is 14.6 Å². The summed E-state index contributed by atoms with van der Waals surface area (Å²) in [6.45, 7) is 6.96. The van der Waals surface area contributed by atoms with E-state index in [0.717, 1.165) is 56.9 Å². The molecule has 0 spiro atoms. The Bertz CT molecular complexity index is 1170. The van der Waals surface area contributed by atoms with Gasteiger partial charge in [-0.15, -0.1) is 0 Å². The summed E-state index contributed by atoms with van der Waals surface area (Å²) in [6.07, 6.45) is 2.44. The van der Waals surface area contributed by atoms with Crippen LogP contribution in [-0.2, 0) is 20.9 Å². The molecule has 1 amide bonds. The molecular formula is C32H37N3O5. The Balaban J connectivity index is 0.000000557. The molecule has 0 saturated carbocycles. The quantitative estimate of drug-likeness (QED) is 0.456. The molecule has 40 heavy (non-hydrogen) atoms. The molecular weight excluding hydrogens is 506 g/mol. The van der Waals surface area contributed by atoms with Crippen LogP contribution in [0.5, 0.6) is 0 Å². The molecule has 3 aromatic rings. The summed E-state index contributed by atoms with van der Waals surface area (Å²) in [4.78, 5) is 39.2. The summed E-state index contributed by atoms with van der Waals surface area (Å²) in [5, 5.41) is 14.8. The fraction of sp³-hybridized carbons (Fsp3) is 0.344. The summed E-state index contributed by atoms with van der Waals surface area (Å²) >= 11 is 0. The molecule has 210 valence electrons. The van der Waals surface area contributed by atoms with Crippen molar-refractivity contribution in [2.24, 2.45) is 0 Å². The molecule has 0 unspecified atom stereocenters. The lowest BCUT2D eigenvalue weighted by molar-refractivity contribution is -0.159. The monoisotopic (exact) mass is 543 g/mol. The van der Waals surface area contributed by atoms with Crippen LogP contribution in [0.15, 0.2) is 91.0 Å². The zero-order valence-electron chi connectivity index (χ0n) is 22.6. The van der Waals surface area contributed by atoms with Crippen molar-refractivity contribution in [3.63, 3.8) is 0 Å². The molecule has 0 radical (unpaired) electrons. The minimum Gasteiger partial charge on any atom is -0.473 e. The van der Waals surface area contributed by atoms with E-state index in [0.29, 0.717) is 6.04 Å². The first-order valence-electron chi connectivity index (χ1n) is 13.8. The van der Waals surface area contributed by atoms with Crippen LogP contribution < -0.4 is 0 Å². The van der Waals surface area contributed by atoms with Crippen molar-refractivity contribution < 1.29 is 24.6 Å². The Morgan fingerprint density at radius 1 is 0.650 bits per heavy atom. The van der Waals surface area contributed by atoms with Crippen molar-refractivity contribution in [1.29, 1.82) is 0 Å². The number of nitrogens with zero attached hydrogens (tertiary/aromatic N) is 3. The van der Waals surface area contributed by atoms with Gasteiger partial charge in [-0.05, 0) is 42.6 Å². The molecule has 0 atom stereocenters. The van der Waals surface area contributed by atoms with Crippen LogP contribution in [0, 0.1) is 0 Å². The number of aliphatic carboxylic acids is 2. The predicted octanol–water partition coefficient (Wildman–Crippen LogP) is 3.78. The summed E-state index contributed by atoms with van der Waals surface area (Å²) in [7, 11) is 0. The molecule has 2 aliphatic rings. The Hall–Kier alpha value is -4.01. The van der Waals surface area contributed by atoms with Gasteiger partial charge in [-0.25, -0.2) is 9.59 Å². The SMILES string of the molecule is O=C(C(c1ccccc1)c1ccccc1)N1CCN(C2CCN(Cc3ccccc3)CC2)CC1.O=C(O)C(=O)O. The third kappa shape index (κ3) is 8.00. The van der Waals surface area contributed by atoms with Crippen molar-refractivity contribution in [1.82, 2.24) is 14.7 Å². The van der Waals surface area contributed by atoms with E-state index in [9.17, 15) is 4.79 Å². The van der Waals surface area contributed by atoms with Crippen LogP contribution >= 0.6 is 0 Å². The minimum absolute atomic E-state index is 0.227. The molecule has 0 aromatic heterocycles. The second kappa shape index (κ2) is 14.4. The molecule has 0 aliphatic carbocycles.